The van der Waals surface area contributed by atoms with Crippen LogP contribution in [0.1, 0.15) is 27.2 Å². The molecule has 0 saturated heterocycles. The molecule has 0 unspecified atom stereocenters. The summed E-state index contributed by atoms with van der Waals surface area (Å²) >= 11 is 0. The maximum absolute atomic E-state index is 12.7. The van der Waals surface area contributed by atoms with E-state index >= 15 is 0 Å². The number of fused-ring (bicyclic) bond motifs is 1. The summed E-state index contributed by atoms with van der Waals surface area (Å²) in [5, 5.41) is 8.00. The van der Waals surface area contributed by atoms with Crippen LogP contribution in [-0.2, 0) is 17.1 Å². The van der Waals surface area contributed by atoms with Crippen LogP contribution in [-0.4, -0.2) is 29.1 Å². The van der Waals surface area contributed by atoms with E-state index in [4.69, 9.17) is 0 Å². The van der Waals surface area contributed by atoms with Crippen molar-refractivity contribution in [1.29, 1.82) is 0 Å². The van der Waals surface area contributed by atoms with E-state index in [2.05, 4.69) is 20.1 Å². The van der Waals surface area contributed by atoms with Crippen molar-refractivity contribution in [3.8, 4) is 0 Å². The van der Waals surface area contributed by atoms with Gasteiger partial charge in [-0.2, -0.15) is 5.10 Å². The first-order valence-electron chi connectivity index (χ1n) is 9.95. The van der Waals surface area contributed by atoms with E-state index in [-0.39, 0.29) is 10.8 Å². The molecule has 9 heteroatoms. The Kier molecular flexibility index (Phi) is 5.43. The highest BCUT2D eigenvalue weighted by atomic mass is 32.2. The molecule has 32 heavy (non-hydrogen) atoms. The molecule has 2 aromatic carbocycles. The van der Waals surface area contributed by atoms with Crippen LogP contribution in [0.15, 0.2) is 59.6 Å². The fourth-order valence-electron chi connectivity index (χ4n) is 3.36. The Morgan fingerprint density at radius 2 is 1.66 bits per heavy atom. The number of benzene rings is 2. The average molecular weight is 450 g/mol. The van der Waals surface area contributed by atoms with Crippen molar-refractivity contribution in [2.75, 3.05) is 10.0 Å². The van der Waals surface area contributed by atoms with Crippen molar-refractivity contribution in [3.63, 3.8) is 0 Å². The molecule has 2 heterocycles. The summed E-state index contributed by atoms with van der Waals surface area (Å²) in [5.41, 5.74) is 4.79. The number of rotatable bonds is 5. The van der Waals surface area contributed by atoms with Gasteiger partial charge in [0.1, 0.15) is 0 Å². The summed E-state index contributed by atoms with van der Waals surface area (Å²) in [7, 11) is -1.91. The van der Waals surface area contributed by atoms with E-state index in [1.54, 1.807) is 53.3 Å². The number of carbonyl (C=O) groups is 1. The summed E-state index contributed by atoms with van der Waals surface area (Å²) in [4.78, 5) is 17.2. The molecule has 0 saturated carbocycles. The van der Waals surface area contributed by atoms with Gasteiger partial charge < -0.3 is 5.32 Å². The lowest BCUT2D eigenvalue weighted by atomic mass is 10.1. The number of nitrogens with one attached hydrogen (secondary N) is 2. The van der Waals surface area contributed by atoms with Crippen molar-refractivity contribution in [3.05, 3.63) is 77.1 Å². The summed E-state index contributed by atoms with van der Waals surface area (Å²) < 4.78 is 29.5. The zero-order valence-electron chi connectivity index (χ0n) is 18.2. The van der Waals surface area contributed by atoms with Gasteiger partial charge in [0.25, 0.3) is 15.9 Å². The molecule has 164 valence electrons. The predicted octanol–water partition coefficient (Wildman–Crippen LogP) is 3.95. The number of amides is 1. The Labute approximate surface area is 186 Å². The number of carbonyl (C=O) groups excluding carboxylic acids is 1. The molecular formula is C23H23N5O3S. The Morgan fingerprint density at radius 1 is 0.938 bits per heavy atom. The third kappa shape index (κ3) is 4.19. The maximum atomic E-state index is 12.7. The molecule has 2 N–H and O–H groups in total. The molecule has 0 spiro atoms. The first kappa shape index (κ1) is 21.5. The van der Waals surface area contributed by atoms with E-state index < -0.39 is 10.0 Å². The van der Waals surface area contributed by atoms with Crippen LogP contribution in [0.5, 0.6) is 0 Å². The van der Waals surface area contributed by atoms with Gasteiger partial charge in [-0.15, -0.1) is 0 Å². The third-order valence-corrected chi connectivity index (χ3v) is 6.69. The van der Waals surface area contributed by atoms with Crippen LogP contribution in [0.4, 0.5) is 11.4 Å². The Morgan fingerprint density at radius 3 is 2.34 bits per heavy atom. The van der Waals surface area contributed by atoms with E-state index in [0.29, 0.717) is 16.9 Å². The standard InChI is InChI=1S/C23H23N5O3S/c1-14-5-10-20(11-15(14)2)32(30,31)27-18-8-6-17(7-9-18)23(29)25-19-12-21-16(3)26-28(4)22(21)24-13-19/h5-13,27H,1-4H3,(H,25,29). The fraction of sp³-hybridized carbons (Fsp3) is 0.174. The van der Waals surface area contributed by atoms with E-state index in [1.807, 2.05) is 33.9 Å². The molecule has 0 radical (unpaired) electrons. The molecular weight excluding hydrogens is 426 g/mol. The lowest BCUT2D eigenvalue weighted by molar-refractivity contribution is 0.102. The van der Waals surface area contributed by atoms with Crippen molar-refractivity contribution in [2.24, 2.45) is 7.05 Å². The maximum Gasteiger partial charge on any atom is 0.261 e. The van der Waals surface area contributed by atoms with Gasteiger partial charge in [-0.05, 0) is 74.4 Å². The smallest absolute Gasteiger partial charge is 0.261 e. The minimum absolute atomic E-state index is 0.191. The van der Waals surface area contributed by atoms with Gasteiger partial charge in [-0.25, -0.2) is 13.4 Å². The normalized spacial score (nSPS) is 11.5. The monoisotopic (exact) mass is 449 g/mol. The van der Waals surface area contributed by atoms with Crippen LogP contribution in [0, 0.1) is 20.8 Å². The van der Waals surface area contributed by atoms with Crippen molar-refractivity contribution in [1.82, 2.24) is 14.8 Å². The fourth-order valence-corrected chi connectivity index (χ4v) is 4.51. The highest BCUT2D eigenvalue weighted by Gasteiger charge is 2.16. The second-order valence-corrected chi connectivity index (χ2v) is 9.37. The third-order valence-electron chi connectivity index (χ3n) is 5.31. The largest absolute Gasteiger partial charge is 0.321 e. The number of nitrogens with zero attached hydrogens (tertiary/aromatic N) is 3. The van der Waals surface area contributed by atoms with Crippen LogP contribution < -0.4 is 10.0 Å². The van der Waals surface area contributed by atoms with Crippen molar-refractivity contribution < 1.29 is 13.2 Å². The van der Waals surface area contributed by atoms with Gasteiger partial charge in [0, 0.05) is 23.7 Å². The number of hydrogen-bond donors (Lipinski definition) is 2. The minimum Gasteiger partial charge on any atom is -0.321 e. The molecule has 0 fully saturated rings. The van der Waals surface area contributed by atoms with Gasteiger partial charge in [-0.1, -0.05) is 6.07 Å². The molecule has 1 amide bonds. The quantitative estimate of drug-likeness (QED) is 0.480. The number of aromatic nitrogens is 3. The molecule has 0 atom stereocenters. The van der Waals surface area contributed by atoms with Gasteiger partial charge in [-0.3, -0.25) is 14.2 Å². The zero-order chi connectivity index (χ0) is 23.0. The molecule has 4 aromatic rings. The van der Waals surface area contributed by atoms with E-state index in [0.717, 1.165) is 27.9 Å². The minimum atomic E-state index is -3.72. The molecule has 4 rings (SSSR count). The summed E-state index contributed by atoms with van der Waals surface area (Å²) in [6, 6.07) is 13.0. The summed E-state index contributed by atoms with van der Waals surface area (Å²) in [5.74, 6) is -0.323. The highest BCUT2D eigenvalue weighted by Crippen LogP contribution is 2.21. The van der Waals surface area contributed by atoms with Crippen LogP contribution in [0.3, 0.4) is 0 Å². The number of aryl methyl sites for hydroxylation is 4. The van der Waals surface area contributed by atoms with Crippen LogP contribution in [0.2, 0.25) is 0 Å². The Bertz CT molecular complexity index is 1440. The Hall–Kier alpha value is -3.72. The zero-order valence-corrected chi connectivity index (χ0v) is 19.0. The van der Waals surface area contributed by atoms with Gasteiger partial charge in [0.2, 0.25) is 0 Å². The SMILES string of the molecule is Cc1ccc(S(=O)(=O)Nc2ccc(C(=O)Nc3cnc4c(c3)c(C)nn4C)cc2)cc1C. The summed E-state index contributed by atoms with van der Waals surface area (Å²) in [6.07, 6.45) is 1.58. The van der Waals surface area contributed by atoms with Crippen LogP contribution in [0.25, 0.3) is 11.0 Å². The first-order valence-corrected chi connectivity index (χ1v) is 11.4. The first-order chi connectivity index (χ1) is 15.1. The van der Waals surface area contributed by atoms with Crippen LogP contribution >= 0.6 is 0 Å². The molecule has 0 bridgehead atoms. The second kappa shape index (κ2) is 8.08. The van der Waals surface area contributed by atoms with Crippen molar-refractivity contribution >= 4 is 38.3 Å². The average Bonchev–Trinajstić information content (AvgIpc) is 3.03. The second-order valence-electron chi connectivity index (χ2n) is 7.69. The molecule has 8 nitrogen and oxygen atoms in total. The Balaban J connectivity index is 1.49. The molecule has 0 aliphatic heterocycles. The summed E-state index contributed by atoms with van der Waals surface area (Å²) in [6.45, 7) is 5.67. The number of pyridine rings is 1. The van der Waals surface area contributed by atoms with Crippen molar-refractivity contribution in [2.45, 2.75) is 25.7 Å². The van der Waals surface area contributed by atoms with E-state index in [1.165, 1.54) is 0 Å². The molecule has 2 aromatic heterocycles. The number of hydrogen-bond acceptors (Lipinski definition) is 5. The number of anilines is 2. The number of sulfonamides is 1. The van der Waals surface area contributed by atoms with Gasteiger partial charge in [0.15, 0.2) is 5.65 Å². The molecule has 0 aliphatic rings. The van der Waals surface area contributed by atoms with Gasteiger partial charge in [0.05, 0.1) is 22.5 Å². The van der Waals surface area contributed by atoms with Gasteiger partial charge >= 0.3 is 0 Å². The topological polar surface area (TPSA) is 106 Å². The van der Waals surface area contributed by atoms with E-state index in [9.17, 15) is 13.2 Å². The highest BCUT2D eigenvalue weighted by molar-refractivity contribution is 7.92. The lowest BCUT2D eigenvalue weighted by Gasteiger charge is -2.10. The predicted molar refractivity (Wildman–Crippen MR) is 124 cm³/mol. The molecule has 0 aliphatic carbocycles. The lowest BCUT2D eigenvalue weighted by Crippen LogP contribution is -2.14.